The van der Waals surface area contributed by atoms with E-state index in [-0.39, 0.29) is 12.4 Å². The van der Waals surface area contributed by atoms with Crippen molar-refractivity contribution in [3.8, 4) is 0 Å². The number of aliphatic hydroxyl groups is 1. The predicted molar refractivity (Wildman–Crippen MR) is 44.4 cm³/mol. The zero-order valence-electron chi connectivity index (χ0n) is 6.32. The monoisotopic (exact) mass is 179 g/mol. The summed E-state index contributed by atoms with van der Waals surface area (Å²) >= 11 is 0. The normalized spacial score (nSPS) is 18.6. The van der Waals surface area contributed by atoms with E-state index < -0.39 is 12.0 Å². The molecule has 1 aliphatic rings. The number of aliphatic hydroxyl groups excluding tert-OH is 1. The van der Waals surface area contributed by atoms with Gasteiger partial charge in [0.15, 0.2) is 0 Å². The molecular weight excluding hydrogens is 166 g/mol. The van der Waals surface area contributed by atoms with Gasteiger partial charge in [-0.05, 0) is 18.8 Å². The van der Waals surface area contributed by atoms with E-state index >= 15 is 0 Å². The summed E-state index contributed by atoms with van der Waals surface area (Å²) in [5, 5.41) is 8.93. The van der Waals surface area contributed by atoms with Crippen LogP contribution in [-0.4, -0.2) is 17.1 Å². The molecule has 1 saturated carbocycles. The summed E-state index contributed by atoms with van der Waals surface area (Å²) in [5.41, 5.74) is 4.85. The molecule has 0 aromatic carbocycles. The third kappa shape index (κ3) is 4.22. The van der Waals surface area contributed by atoms with Gasteiger partial charge in [0.2, 0.25) is 5.91 Å². The Morgan fingerprint density at radius 1 is 1.64 bits per heavy atom. The Morgan fingerprint density at radius 3 is 2.55 bits per heavy atom. The van der Waals surface area contributed by atoms with Crippen molar-refractivity contribution >= 4 is 18.3 Å². The van der Waals surface area contributed by atoms with Crippen LogP contribution in [0.2, 0.25) is 0 Å². The number of primary amides is 1. The zero-order chi connectivity index (χ0) is 7.56. The van der Waals surface area contributed by atoms with E-state index in [4.69, 9.17) is 10.8 Å². The summed E-state index contributed by atoms with van der Waals surface area (Å²) in [4.78, 5) is 10.3. The number of carbonyl (C=O) groups excluding carboxylic acids is 1. The first-order chi connectivity index (χ1) is 4.70. The fourth-order valence-electron chi connectivity index (χ4n) is 0.942. The molecule has 1 amide bonds. The Hall–Kier alpha value is -0.280. The molecule has 1 unspecified atom stereocenters. The quantitative estimate of drug-likeness (QED) is 0.658. The highest BCUT2D eigenvalue weighted by Gasteiger charge is 2.23. The van der Waals surface area contributed by atoms with Crippen LogP contribution < -0.4 is 5.73 Å². The topological polar surface area (TPSA) is 63.3 Å². The molecular formula is C7H14ClNO2. The van der Waals surface area contributed by atoms with Gasteiger partial charge < -0.3 is 10.8 Å². The second-order valence-corrected chi connectivity index (χ2v) is 2.94. The molecule has 0 bridgehead atoms. The largest absolute Gasteiger partial charge is 0.383 e. The maximum absolute atomic E-state index is 10.3. The number of halogens is 1. The molecule has 4 heteroatoms. The van der Waals surface area contributed by atoms with Gasteiger partial charge in [-0.3, -0.25) is 4.79 Å². The van der Waals surface area contributed by atoms with Gasteiger partial charge in [0, 0.05) is 0 Å². The first kappa shape index (κ1) is 10.7. The lowest BCUT2D eigenvalue weighted by Crippen LogP contribution is -2.28. The Balaban J connectivity index is 0.000001000. The van der Waals surface area contributed by atoms with Crippen LogP contribution in [-0.2, 0) is 4.79 Å². The summed E-state index contributed by atoms with van der Waals surface area (Å²) in [7, 11) is 0. The molecule has 66 valence electrons. The Kier molecular flexibility index (Phi) is 4.45. The number of rotatable bonds is 4. The van der Waals surface area contributed by atoms with Crippen molar-refractivity contribution in [2.24, 2.45) is 11.7 Å². The van der Waals surface area contributed by atoms with Gasteiger partial charge in [-0.2, -0.15) is 0 Å². The Morgan fingerprint density at radius 2 is 2.18 bits per heavy atom. The molecule has 1 rings (SSSR count). The van der Waals surface area contributed by atoms with Gasteiger partial charge in [-0.25, -0.2) is 0 Å². The summed E-state index contributed by atoms with van der Waals surface area (Å²) in [6, 6.07) is 0. The number of hydrogen-bond donors (Lipinski definition) is 2. The van der Waals surface area contributed by atoms with E-state index in [9.17, 15) is 4.79 Å². The number of nitrogens with two attached hydrogens (primary N) is 1. The third-order valence-corrected chi connectivity index (χ3v) is 1.87. The highest BCUT2D eigenvalue weighted by atomic mass is 35.5. The van der Waals surface area contributed by atoms with E-state index in [1.165, 1.54) is 12.8 Å². The van der Waals surface area contributed by atoms with Crippen LogP contribution in [0, 0.1) is 5.92 Å². The number of hydrogen-bond acceptors (Lipinski definition) is 2. The van der Waals surface area contributed by atoms with Crippen LogP contribution in [0.15, 0.2) is 0 Å². The molecule has 0 aromatic rings. The molecule has 0 aromatic heterocycles. The van der Waals surface area contributed by atoms with E-state index in [2.05, 4.69) is 0 Å². The van der Waals surface area contributed by atoms with E-state index in [1.807, 2.05) is 0 Å². The summed E-state index contributed by atoms with van der Waals surface area (Å²) in [5.74, 6) is 0.162. The van der Waals surface area contributed by atoms with Gasteiger partial charge in [0.25, 0.3) is 0 Å². The molecule has 0 aliphatic heterocycles. The van der Waals surface area contributed by atoms with Gasteiger partial charge >= 0.3 is 0 Å². The molecule has 0 saturated heterocycles. The molecule has 11 heavy (non-hydrogen) atoms. The first-order valence-electron chi connectivity index (χ1n) is 3.67. The van der Waals surface area contributed by atoms with Crippen LogP contribution in [0.4, 0.5) is 0 Å². The first-order valence-corrected chi connectivity index (χ1v) is 3.67. The van der Waals surface area contributed by atoms with E-state index in [0.717, 1.165) is 12.3 Å². The van der Waals surface area contributed by atoms with Crippen molar-refractivity contribution in [2.75, 3.05) is 0 Å². The number of carbonyl (C=O) groups is 1. The Labute approximate surface area is 72.4 Å². The van der Waals surface area contributed by atoms with Crippen LogP contribution >= 0.6 is 12.4 Å². The highest BCUT2D eigenvalue weighted by molar-refractivity contribution is 5.85. The lowest BCUT2D eigenvalue weighted by Gasteiger charge is -2.03. The van der Waals surface area contributed by atoms with Gasteiger partial charge in [0.1, 0.15) is 6.10 Å². The molecule has 1 atom stereocenters. The highest BCUT2D eigenvalue weighted by Crippen LogP contribution is 2.33. The fraction of sp³-hybridized carbons (Fsp3) is 0.857. The van der Waals surface area contributed by atoms with Crippen molar-refractivity contribution in [1.29, 1.82) is 0 Å². The predicted octanol–water partition coefficient (Wildman–Crippen LogP) is 0.445. The van der Waals surface area contributed by atoms with E-state index in [0.29, 0.717) is 6.42 Å². The smallest absolute Gasteiger partial charge is 0.246 e. The summed E-state index contributed by atoms with van der Waals surface area (Å²) in [6.07, 6.45) is 3.08. The van der Waals surface area contributed by atoms with Crippen LogP contribution in [0.1, 0.15) is 25.7 Å². The molecule has 3 N–H and O–H groups in total. The minimum atomic E-state index is -0.916. The lowest BCUT2D eigenvalue weighted by molar-refractivity contribution is -0.126. The van der Waals surface area contributed by atoms with Crippen LogP contribution in [0.5, 0.6) is 0 Å². The minimum absolute atomic E-state index is 0. The van der Waals surface area contributed by atoms with Crippen LogP contribution in [0.3, 0.4) is 0 Å². The fourth-order valence-corrected chi connectivity index (χ4v) is 0.942. The van der Waals surface area contributed by atoms with E-state index in [1.54, 1.807) is 0 Å². The SMILES string of the molecule is Cl.NC(=O)C(O)CCC1CC1. The maximum atomic E-state index is 10.3. The zero-order valence-corrected chi connectivity index (χ0v) is 7.14. The van der Waals surface area contributed by atoms with Crippen molar-refractivity contribution in [3.63, 3.8) is 0 Å². The average Bonchev–Trinajstić information content (AvgIpc) is 2.64. The van der Waals surface area contributed by atoms with Gasteiger partial charge in [-0.15, -0.1) is 12.4 Å². The standard InChI is InChI=1S/C7H13NO2.ClH/c8-7(10)6(9)4-3-5-1-2-5;/h5-6,9H,1-4H2,(H2,8,10);1H. The number of amides is 1. The second-order valence-electron chi connectivity index (χ2n) is 2.94. The minimum Gasteiger partial charge on any atom is -0.383 e. The van der Waals surface area contributed by atoms with Crippen LogP contribution in [0.25, 0.3) is 0 Å². The summed E-state index contributed by atoms with van der Waals surface area (Å²) in [6.45, 7) is 0. The Bertz CT molecular complexity index is 136. The maximum Gasteiger partial charge on any atom is 0.246 e. The summed E-state index contributed by atoms with van der Waals surface area (Å²) < 4.78 is 0. The molecule has 0 radical (unpaired) electrons. The van der Waals surface area contributed by atoms with Gasteiger partial charge in [0.05, 0.1) is 0 Å². The molecule has 0 spiro atoms. The van der Waals surface area contributed by atoms with Gasteiger partial charge in [-0.1, -0.05) is 12.8 Å². The third-order valence-electron chi connectivity index (χ3n) is 1.87. The lowest BCUT2D eigenvalue weighted by atomic mass is 10.1. The molecule has 3 nitrogen and oxygen atoms in total. The van der Waals surface area contributed by atoms with Crippen molar-refractivity contribution in [2.45, 2.75) is 31.8 Å². The van der Waals surface area contributed by atoms with Crippen molar-refractivity contribution < 1.29 is 9.90 Å². The molecule has 1 aliphatic carbocycles. The molecule has 1 fully saturated rings. The molecule has 0 heterocycles. The second kappa shape index (κ2) is 4.57. The van der Waals surface area contributed by atoms with Crippen molar-refractivity contribution in [3.05, 3.63) is 0 Å². The average molecular weight is 180 g/mol. The van der Waals surface area contributed by atoms with Crippen molar-refractivity contribution in [1.82, 2.24) is 0 Å².